The minimum absolute atomic E-state index is 0. The molecule has 24 heavy (non-hydrogen) atoms. The Morgan fingerprint density at radius 2 is 1.62 bits per heavy atom. The Hall–Kier alpha value is -1.66. The Kier molecular flexibility index (Phi) is 6.18. The van der Waals surface area contributed by atoms with Gasteiger partial charge in [-0.25, -0.2) is 0 Å². The van der Waals surface area contributed by atoms with E-state index < -0.39 is 0 Å². The van der Waals surface area contributed by atoms with Crippen LogP contribution in [-0.4, -0.2) is 57.3 Å². The summed E-state index contributed by atoms with van der Waals surface area (Å²) >= 11 is 0. The number of benzene rings is 1. The lowest BCUT2D eigenvalue weighted by Gasteiger charge is -2.28. The lowest BCUT2D eigenvalue weighted by Crippen LogP contribution is -2.42. The van der Waals surface area contributed by atoms with Gasteiger partial charge < -0.3 is 24.4 Å². The molecule has 2 heterocycles. The van der Waals surface area contributed by atoms with Crippen molar-refractivity contribution in [1.29, 1.82) is 0 Å². The van der Waals surface area contributed by atoms with Gasteiger partial charge in [0, 0.05) is 30.8 Å². The molecule has 2 aliphatic heterocycles. The number of hydrogen-bond acceptors (Lipinski definition) is 5. The number of carbonyl (C=O) groups excluding carboxylic acids is 1. The summed E-state index contributed by atoms with van der Waals surface area (Å²) in [7, 11) is 4.70. The third kappa shape index (κ3) is 3.26. The molecule has 0 spiro atoms. The molecule has 7 heteroatoms. The zero-order valence-electron chi connectivity index (χ0n) is 14.3. The average Bonchev–Trinajstić information content (AvgIpc) is 2.85. The highest BCUT2D eigenvalue weighted by Crippen LogP contribution is 2.37. The molecule has 1 amide bonds. The quantitative estimate of drug-likeness (QED) is 0.895. The number of nitrogens with one attached hydrogen (secondary N) is 1. The van der Waals surface area contributed by atoms with Crippen LogP contribution in [0, 0.1) is 0 Å². The number of ether oxygens (including phenoxy) is 3. The van der Waals surface area contributed by atoms with E-state index in [9.17, 15) is 4.79 Å². The highest BCUT2D eigenvalue weighted by atomic mass is 35.5. The van der Waals surface area contributed by atoms with E-state index in [1.807, 2.05) is 4.90 Å². The predicted molar refractivity (Wildman–Crippen MR) is 93.8 cm³/mol. The summed E-state index contributed by atoms with van der Waals surface area (Å²) in [6.45, 7) is 1.83. The highest BCUT2D eigenvalue weighted by Gasteiger charge is 2.39. The van der Waals surface area contributed by atoms with Crippen molar-refractivity contribution in [3.8, 4) is 17.2 Å². The molecular weight excluding hydrogens is 332 g/mol. The predicted octanol–water partition coefficient (Wildman–Crippen LogP) is 2.10. The maximum atomic E-state index is 13.2. The molecule has 0 radical (unpaired) electrons. The van der Waals surface area contributed by atoms with Gasteiger partial charge in [-0.05, 0) is 25.8 Å². The Morgan fingerprint density at radius 3 is 2.29 bits per heavy atom. The zero-order chi connectivity index (χ0) is 16.4. The summed E-state index contributed by atoms with van der Waals surface area (Å²) in [6.07, 6.45) is 3.13. The van der Waals surface area contributed by atoms with Crippen molar-refractivity contribution in [2.45, 2.75) is 31.3 Å². The first-order chi connectivity index (χ1) is 11.2. The molecule has 1 aromatic carbocycles. The van der Waals surface area contributed by atoms with Crippen molar-refractivity contribution in [2.24, 2.45) is 0 Å². The van der Waals surface area contributed by atoms with Crippen LogP contribution in [0.4, 0.5) is 0 Å². The van der Waals surface area contributed by atoms with Crippen LogP contribution in [0.15, 0.2) is 12.1 Å². The van der Waals surface area contributed by atoms with Gasteiger partial charge in [-0.1, -0.05) is 0 Å². The van der Waals surface area contributed by atoms with Gasteiger partial charge in [0.15, 0.2) is 11.5 Å². The molecule has 6 nitrogen and oxygen atoms in total. The molecule has 0 aromatic heterocycles. The monoisotopic (exact) mass is 356 g/mol. The maximum absolute atomic E-state index is 13.2. The summed E-state index contributed by atoms with van der Waals surface area (Å²) in [6, 6.07) is 4.00. The van der Waals surface area contributed by atoms with Gasteiger partial charge in [0.25, 0.3) is 5.91 Å². The van der Waals surface area contributed by atoms with Crippen LogP contribution in [-0.2, 0) is 0 Å². The summed E-state index contributed by atoms with van der Waals surface area (Å²) in [5.74, 6) is 1.63. The van der Waals surface area contributed by atoms with Crippen molar-refractivity contribution in [3.63, 3.8) is 0 Å². The molecule has 0 saturated carbocycles. The minimum atomic E-state index is 0. The van der Waals surface area contributed by atoms with Gasteiger partial charge in [0.1, 0.15) is 5.75 Å². The van der Waals surface area contributed by atoms with Gasteiger partial charge in [-0.2, -0.15) is 0 Å². The van der Waals surface area contributed by atoms with E-state index in [4.69, 9.17) is 14.2 Å². The van der Waals surface area contributed by atoms with Crippen molar-refractivity contribution in [1.82, 2.24) is 10.2 Å². The fraction of sp³-hybridized carbons (Fsp3) is 0.588. The van der Waals surface area contributed by atoms with E-state index in [1.54, 1.807) is 33.5 Å². The number of methoxy groups -OCH3 is 3. The number of carbonyl (C=O) groups is 1. The number of fused-ring (bicyclic) bond motifs is 2. The summed E-state index contributed by atoms with van der Waals surface area (Å²) < 4.78 is 16.1. The van der Waals surface area contributed by atoms with Gasteiger partial charge in [-0.15, -0.1) is 12.4 Å². The van der Waals surface area contributed by atoms with E-state index >= 15 is 0 Å². The fourth-order valence-electron chi connectivity index (χ4n) is 3.65. The SMILES string of the molecule is COc1cc(OC)c(C(=O)N2C3CCNCC2CC3)cc1OC.Cl. The first-order valence-electron chi connectivity index (χ1n) is 8.03. The number of nitrogens with zero attached hydrogens (tertiary/aromatic N) is 1. The first-order valence-corrected chi connectivity index (χ1v) is 8.03. The number of rotatable bonds is 4. The molecule has 2 unspecified atom stereocenters. The van der Waals surface area contributed by atoms with Crippen LogP contribution in [0.5, 0.6) is 17.2 Å². The Bertz CT molecular complexity index is 582. The van der Waals surface area contributed by atoms with Crippen molar-refractivity contribution < 1.29 is 19.0 Å². The smallest absolute Gasteiger partial charge is 0.258 e. The fourth-order valence-corrected chi connectivity index (χ4v) is 3.65. The Morgan fingerprint density at radius 1 is 1.00 bits per heavy atom. The molecule has 0 aliphatic carbocycles. The normalized spacial score (nSPS) is 22.4. The number of hydrogen-bond donors (Lipinski definition) is 1. The van der Waals surface area contributed by atoms with Gasteiger partial charge in [0.2, 0.25) is 0 Å². The topological polar surface area (TPSA) is 60.0 Å². The van der Waals surface area contributed by atoms with E-state index in [0.717, 1.165) is 32.4 Å². The standard InChI is InChI=1S/C17H24N2O4.ClH/c1-21-14-9-16(23-3)15(22-2)8-13(14)17(20)19-11-4-5-12(19)10-18-7-6-11;/h8-9,11-12,18H,4-7,10H2,1-3H3;1H. The molecule has 2 atom stereocenters. The van der Waals surface area contributed by atoms with Crippen LogP contribution >= 0.6 is 12.4 Å². The van der Waals surface area contributed by atoms with E-state index in [-0.39, 0.29) is 24.4 Å². The number of halogens is 1. The third-order valence-electron chi connectivity index (χ3n) is 4.82. The molecule has 1 aromatic rings. The first kappa shape index (κ1) is 18.7. The molecule has 1 N–H and O–H groups in total. The van der Waals surface area contributed by atoms with Crippen LogP contribution in [0.2, 0.25) is 0 Å². The maximum Gasteiger partial charge on any atom is 0.258 e. The largest absolute Gasteiger partial charge is 0.496 e. The zero-order valence-corrected chi connectivity index (χ0v) is 15.1. The van der Waals surface area contributed by atoms with Crippen molar-refractivity contribution >= 4 is 18.3 Å². The van der Waals surface area contributed by atoms with Crippen molar-refractivity contribution in [3.05, 3.63) is 17.7 Å². The van der Waals surface area contributed by atoms with E-state index in [2.05, 4.69) is 5.32 Å². The van der Waals surface area contributed by atoms with Crippen molar-refractivity contribution in [2.75, 3.05) is 34.4 Å². The molecule has 2 fully saturated rings. The van der Waals surface area contributed by atoms with Crippen LogP contribution in [0.1, 0.15) is 29.6 Å². The summed E-state index contributed by atoms with van der Waals surface area (Å²) in [5, 5.41) is 3.41. The second kappa shape index (κ2) is 7.94. The second-order valence-corrected chi connectivity index (χ2v) is 6.00. The lowest BCUT2D eigenvalue weighted by molar-refractivity contribution is 0.0676. The number of amides is 1. The Labute approximate surface area is 148 Å². The average molecular weight is 357 g/mol. The third-order valence-corrected chi connectivity index (χ3v) is 4.82. The summed E-state index contributed by atoms with van der Waals surface area (Å²) in [5.41, 5.74) is 0.531. The van der Waals surface area contributed by atoms with Crippen LogP contribution in [0.25, 0.3) is 0 Å². The second-order valence-electron chi connectivity index (χ2n) is 6.00. The molecule has 2 saturated heterocycles. The molecule has 2 bridgehead atoms. The van der Waals surface area contributed by atoms with E-state index in [0.29, 0.717) is 28.9 Å². The lowest BCUT2D eigenvalue weighted by atomic mass is 10.1. The van der Waals surface area contributed by atoms with Gasteiger partial charge >= 0.3 is 0 Å². The van der Waals surface area contributed by atoms with Gasteiger partial charge in [-0.3, -0.25) is 4.79 Å². The molecular formula is C17H25ClN2O4. The van der Waals surface area contributed by atoms with E-state index in [1.165, 1.54) is 0 Å². The molecule has 2 aliphatic rings. The Balaban J connectivity index is 0.00000208. The van der Waals surface area contributed by atoms with Gasteiger partial charge in [0.05, 0.1) is 26.9 Å². The summed E-state index contributed by atoms with van der Waals surface area (Å²) in [4.78, 5) is 15.2. The molecule has 3 rings (SSSR count). The highest BCUT2D eigenvalue weighted by molar-refractivity contribution is 5.98. The minimum Gasteiger partial charge on any atom is -0.496 e. The molecule has 134 valence electrons. The van der Waals surface area contributed by atoms with Crippen LogP contribution < -0.4 is 19.5 Å². The van der Waals surface area contributed by atoms with Crippen LogP contribution in [0.3, 0.4) is 0 Å².